The van der Waals surface area contributed by atoms with Gasteiger partial charge in [0.15, 0.2) is 23.3 Å². The molecule has 2 aromatic carbocycles. The SMILES string of the molecule is O.O=c1oc2cc(OCc3c(F)c(F)c(F)c(F)c3F)c(Cl)cc2c2c1CCC2. The van der Waals surface area contributed by atoms with E-state index < -0.39 is 46.9 Å². The van der Waals surface area contributed by atoms with Crippen LogP contribution in [0, 0.1) is 29.1 Å². The van der Waals surface area contributed by atoms with E-state index in [0.717, 1.165) is 12.0 Å². The van der Waals surface area contributed by atoms with Crippen molar-refractivity contribution >= 4 is 22.6 Å². The summed E-state index contributed by atoms with van der Waals surface area (Å²) < 4.78 is 77.7. The van der Waals surface area contributed by atoms with E-state index in [-0.39, 0.29) is 21.8 Å². The summed E-state index contributed by atoms with van der Waals surface area (Å²) in [5.74, 6) is -10.5. The Hall–Kier alpha value is -2.65. The van der Waals surface area contributed by atoms with Crippen LogP contribution in [0.3, 0.4) is 0 Å². The van der Waals surface area contributed by atoms with Crippen LogP contribution in [-0.4, -0.2) is 5.48 Å². The second-order valence-corrected chi connectivity index (χ2v) is 6.72. The molecule has 2 N–H and O–H groups in total. The molecule has 10 heteroatoms. The Bertz CT molecular complexity index is 1160. The highest BCUT2D eigenvalue weighted by atomic mass is 35.5. The molecule has 1 aliphatic carbocycles. The van der Waals surface area contributed by atoms with Gasteiger partial charge in [-0.2, -0.15) is 0 Å². The highest BCUT2D eigenvalue weighted by Gasteiger charge is 2.26. The van der Waals surface area contributed by atoms with Crippen LogP contribution in [0.15, 0.2) is 21.3 Å². The summed E-state index contributed by atoms with van der Waals surface area (Å²) in [6, 6.07) is 2.74. The maximum Gasteiger partial charge on any atom is 0.339 e. The van der Waals surface area contributed by atoms with Crippen LogP contribution in [0.25, 0.3) is 11.0 Å². The van der Waals surface area contributed by atoms with Crippen LogP contribution in [0.4, 0.5) is 22.0 Å². The smallest absolute Gasteiger partial charge is 0.339 e. The predicted octanol–water partition coefficient (Wildman–Crippen LogP) is 4.38. The molecule has 0 amide bonds. The Morgan fingerprint density at radius 2 is 1.52 bits per heavy atom. The molecule has 0 saturated carbocycles. The first-order valence-corrected chi connectivity index (χ1v) is 8.58. The van der Waals surface area contributed by atoms with Crippen molar-refractivity contribution in [3.8, 4) is 5.75 Å². The van der Waals surface area contributed by atoms with Gasteiger partial charge in [0.1, 0.15) is 17.9 Å². The normalized spacial score (nSPS) is 12.8. The molecule has 1 heterocycles. The molecule has 4 rings (SSSR count). The van der Waals surface area contributed by atoms with Crippen LogP contribution >= 0.6 is 11.6 Å². The molecule has 0 atom stereocenters. The zero-order valence-electron chi connectivity index (χ0n) is 14.5. The van der Waals surface area contributed by atoms with Gasteiger partial charge in [0.25, 0.3) is 0 Å². The van der Waals surface area contributed by atoms with Crippen molar-refractivity contribution in [3.05, 3.63) is 73.4 Å². The zero-order valence-corrected chi connectivity index (χ0v) is 15.2. The minimum absolute atomic E-state index is 0. The van der Waals surface area contributed by atoms with Gasteiger partial charge in [-0.15, -0.1) is 0 Å². The average Bonchev–Trinajstić information content (AvgIpc) is 3.17. The third kappa shape index (κ3) is 3.34. The number of rotatable bonds is 3. The summed E-state index contributed by atoms with van der Waals surface area (Å²) >= 11 is 6.14. The van der Waals surface area contributed by atoms with E-state index in [4.69, 9.17) is 20.8 Å². The number of hydrogen-bond donors (Lipinski definition) is 0. The average molecular weight is 435 g/mol. The summed E-state index contributed by atoms with van der Waals surface area (Å²) in [5.41, 5.74) is -0.0726. The molecule has 1 aromatic heterocycles. The number of hydrogen-bond acceptors (Lipinski definition) is 3. The molecule has 0 radical (unpaired) electrons. The van der Waals surface area contributed by atoms with Gasteiger partial charge in [-0.1, -0.05) is 11.6 Å². The van der Waals surface area contributed by atoms with Crippen LogP contribution < -0.4 is 10.4 Å². The molecule has 0 fully saturated rings. The van der Waals surface area contributed by atoms with E-state index in [1.165, 1.54) is 12.1 Å². The van der Waals surface area contributed by atoms with Crippen LogP contribution in [0.2, 0.25) is 5.02 Å². The summed E-state index contributed by atoms with van der Waals surface area (Å²) in [7, 11) is 0. The zero-order chi connectivity index (χ0) is 20.2. The van der Waals surface area contributed by atoms with Crippen molar-refractivity contribution in [2.45, 2.75) is 25.9 Å². The fourth-order valence-electron chi connectivity index (χ4n) is 3.32. The molecule has 3 aromatic rings. The monoisotopic (exact) mass is 434 g/mol. The highest BCUT2D eigenvalue weighted by Crippen LogP contribution is 2.35. The first kappa shape index (κ1) is 21.1. The number of fused-ring (bicyclic) bond motifs is 3. The third-order valence-corrected chi connectivity index (χ3v) is 4.99. The second kappa shape index (κ2) is 7.64. The maximum atomic E-state index is 13.8. The lowest BCUT2D eigenvalue weighted by molar-refractivity contribution is 0.279. The minimum atomic E-state index is -2.25. The fraction of sp³-hybridized carbons (Fsp3) is 0.211. The molecule has 0 spiro atoms. The molecule has 0 unspecified atom stereocenters. The summed E-state index contributed by atoms with van der Waals surface area (Å²) in [6.07, 6.45) is 2.08. The minimum Gasteiger partial charge on any atom is -0.487 e. The number of ether oxygens (including phenoxy) is 1. The van der Waals surface area contributed by atoms with Crippen LogP contribution in [-0.2, 0) is 19.4 Å². The molecule has 4 nitrogen and oxygen atoms in total. The molecule has 1 aliphatic rings. The lowest BCUT2D eigenvalue weighted by Crippen LogP contribution is -2.10. The predicted molar refractivity (Wildman–Crippen MR) is 93.7 cm³/mol. The van der Waals surface area contributed by atoms with Crippen molar-refractivity contribution in [2.75, 3.05) is 0 Å². The summed E-state index contributed by atoms with van der Waals surface area (Å²) in [4.78, 5) is 12.0. The second-order valence-electron chi connectivity index (χ2n) is 6.32. The molecule has 0 saturated heterocycles. The Balaban J connectivity index is 0.00000240. The molecule has 154 valence electrons. The van der Waals surface area contributed by atoms with E-state index in [0.29, 0.717) is 23.8 Å². The van der Waals surface area contributed by atoms with Gasteiger partial charge in [-0.25, -0.2) is 26.7 Å². The van der Waals surface area contributed by atoms with Crippen LogP contribution in [0.5, 0.6) is 5.75 Å². The van der Waals surface area contributed by atoms with Crippen LogP contribution in [0.1, 0.15) is 23.1 Å². The number of halogens is 6. The topological polar surface area (TPSA) is 70.9 Å². The van der Waals surface area contributed by atoms with Gasteiger partial charge in [-0.05, 0) is 30.9 Å². The number of aryl methyl sites for hydroxylation is 1. The molecule has 0 bridgehead atoms. The third-order valence-electron chi connectivity index (χ3n) is 4.70. The Morgan fingerprint density at radius 3 is 2.17 bits per heavy atom. The maximum absolute atomic E-state index is 13.8. The lowest BCUT2D eigenvalue weighted by Gasteiger charge is -2.12. The quantitative estimate of drug-likeness (QED) is 0.266. The molecular weight excluding hydrogens is 423 g/mol. The van der Waals surface area contributed by atoms with Crippen molar-refractivity contribution in [1.82, 2.24) is 0 Å². The molecule has 0 aliphatic heterocycles. The lowest BCUT2D eigenvalue weighted by atomic mass is 10.1. The van der Waals surface area contributed by atoms with Crippen molar-refractivity contribution in [2.24, 2.45) is 0 Å². The molecule has 29 heavy (non-hydrogen) atoms. The van der Waals surface area contributed by atoms with Crippen molar-refractivity contribution < 1.29 is 36.6 Å². The van der Waals surface area contributed by atoms with E-state index >= 15 is 0 Å². The van der Waals surface area contributed by atoms with Gasteiger partial charge in [0, 0.05) is 17.0 Å². The number of benzene rings is 2. The van der Waals surface area contributed by atoms with E-state index in [2.05, 4.69) is 0 Å². The van der Waals surface area contributed by atoms with Gasteiger partial charge in [0.2, 0.25) is 5.82 Å². The van der Waals surface area contributed by atoms with Gasteiger partial charge in [-0.3, -0.25) is 0 Å². The Kier molecular flexibility index (Phi) is 5.55. The first-order chi connectivity index (χ1) is 13.3. The largest absolute Gasteiger partial charge is 0.487 e. The van der Waals surface area contributed by atoms with Gasteiger partial charge >= 0.3 is 5.63 Å². The Labute approximate surface area is 164 Å². The Morgan fingerprint density at radius 1 is 0.931 bits per heavy atom. The van der Waals surface area contributed by atoms with Gasteiger partial charge < -0.3 is 14.6 Å². The van der Waals surface area contributed by atoms with E-state index in [1.807, 2.05) is 0 Å². The summed E-state index contributed by atoms with van der Waals surface area (Å²) in [5, 5.41) is 0.653. The molecular formula is C19H12ClF5O4. The van der Waals surface area contributed by atoms with E-state index in [9.17, 15) is 26.7 Å². The van der Waals surface area contributed by atoms with Crippen molar-refractivity contribution in [3.63, 3.8) is 0 Å². The summed E-state index contributed by atoms with van der Waals surface area (Å²) in [6.45, 7) is -0.966. The standard InChI is InChI=1S/C19H10ClF5O3.H2O/c20-11-4-9-7-2-1-3-8(7)19(26)28-12(9)5-13(11)27-6-10-14(21)16(23)18(25)17(24)15(10)22;/h4-5H,1-3,6H2;1H2. The first-order valence-electron chi connectivity index (χ1n) is 8.20. The fourth-order valence-corrected chi connectivity index (χ4v) is 3.54. The van der Waals surface area contributed by atoms with E-state index in [1.54, 1.807) is 0 Å². The van der Waals surface area contributed by atoms with Crippen molar-refractivity contribution in [1.29, 1.82) is 0 Å². The van der Waals surface area contributed by atoms with Gasteiger partial charge in [0.05, 0.1) is 10.6 Å². The highest BCUT2D eigenvalue weighted by molar-refractivity contribution is 6.32.